The molecule has 1 aromatic rings. The molecule has 1 N–H and O–H groups in total. The molecular formula is C22H26F2N2O4. The molecule has 4 rings (SSSR count). The molecule has 1 aliphatic carbocycles. The van der Waals surface area contributed by atoms with E-state index in [1.807, 2.05) is 0 Å². The molecule has 0 unspecified atom stereocenters. The topological polar surface area (TPSA) is 77.9 Å². The second-order valence-corrected chi connectivity index (χ2v) is 9.35. The lowest BCUT2D eigenvalue weighted by Gasteiger charge is -2.27. The first kappa shape index (κ1) is 20.8. The zero-order chi connectivity index (χ0) is 22.0. The number of aliphatic carboxylic acids is 1. The molecule has 0 spiro atoms. The SMILES string of the molecule is C[C@@H](CC(=O)O)CN1CC[C@H](N2C(=O)C(C)(C)c3c(F)c(C4CC4)cc(F)c32)C1=O. The van der Waals surface area contributed by atoms with Crippen molar-refractivity contribution in [2.45, 2.75) is 63.8 Å². The average Bonchev–Trinajstić information content (AvgIpc) is 3.39. The van der Waals surface area contributed by atoms with Gasteiger partial charge >= 0.3 is 5.97 Å². The molecular weight excluding hydrogens is 394 g/mol. The molecule has 3 aliphatic rings. The summed E-state index contributed by atoms with van der Waals surface area (Å²) in [6.45, 7) is 5.47. The maximum Gasteiger partial charge on any atom is 0.303 e. The summed E-state index contributed by atoms with van der Waals surface area (Å²) in [4.78, 5) is 39.8. The number of fused-ring (bicyclic) bond motifs is 1. The third kappa shape index (κ3) is 3.17. The number of nitrogens with zero attached hydrogens (tertiary/aromatic N) is 2. The van der Waals surface area contributed by atoms with Crippen LogP contribution in [-0.4, -0.2) is 46.9 Å². The molecule has 30 heavy (non-hydrogen) atoms. The van der Waals surface area contributed by atoms with Crippen molar-refractivity contribution in [3.8, 4) is 0 Å². The van der Waals surface area contributed by atoms with Crippen LogP contribution in [-0.2, 0) is 19.8 Å². The Morgan fingerprint density at radius 3 is 2.53 bits per heavy atom. The Bertz CT molecular complexity index is 942. The van der Waals surface area contributed by atoms with E-state index in [0.29, 0.717) is 18.5 Å². The highest BCUT2D eigenvalue weighted by atomic mass is 19.1. The molecule has 6 nitrogen and oxygen atoms in total. The van der Waals surface area contributed by atoms with E-state index in [1.54, 1.807) is 20.8 Å². The van der Waals surface area contributed by atoms with Crippen molar-refractivity contribution in [2.75, 3.05) is 18.0 Å². The third-order valence-corrected chi connectivity index (χ3v) is 6.49. The minimum Gasteiger partial charge on any atom is -0.481 e. The van der Waals surface area contributed by atoms with Crippen LogP contribution in [0.5, 0.6) is 0 Å². The Kier molecular flexibility index (Phi) is 4.86. The summed E-state index contributed by atoms with van der Waals surface area (Å²) in [7, 11) is 0. The fourth-order valence-corrected chi connectivity index (χ4v) is 4.82. The lowest BCUT2D eigenvalue weighted by atomic mass is 9.84. The molecule has 2 heterocycles. The standard InChI is InChI=1S/C22H26F2N2O4/c1-11(8-16(27)28)10-25-7-6-15(20(25)29)26-19-14(23)9-13(12-4-5-12)18(24)17(19)22(2,3)21(26)30/h9,11-12,15H,4-8,10H2,1-3H3,(H,27,28)/t11-,15-/m0/s1. The van der Waals surface area contributed by atoms with Crippen molar-refractivity contribution in [2.24, 2.45) is 5.92 Å². The van der Waals surface area contributed by atoms with Crippen LogP contribution in [0.1, 0.15) is 63.5 Å². The number of rotatable bonds is 6. The summed E-state index contributed by atoms with van der Waals surface area (Å²) in [6.07, 6.45) is 1.83. The number of hydrogen-bond acceptors (Lipinski definition) is 3. The minimum atomic E-state index is -1.27. The van der Waals surface area contributed by atoms with Gasteiger partial charge in [-0.1, -0.05) is 6.92 Å². The fraction of sp³-hybridized carbons (Fsp3) is 0.591. The molecule has 162 valence electrons. The van der Waals surface area contributed by atoms with Gasteiger partial charge in [0.25, 0.3) is 0 Å². The number of benzene rings is 1. The number of hydrogen-bond donors (Lipinski definition) is 1. The number of carboxylic acids is 1. The molecule has 0 bridgehead atoms. The van der Waals surface area contributed by atoms with Gasteiger partial charge in [-0.25, -0.2) is 8.78 Å². The van der Waals surface area contributed by atoms with Crippen LogP contribution in [0.25, 0.3) is 0 Å². The predicted octanol–water partition coefficient (Wildman–Crippen LogP) is 3.18. The maximum atomic E-state index is 15.3. The van der Waals surface area contributed by atoms with Gasteiger partial charge in [0.15, 0.2) is 0 Å². The highest BCUT2D eigenvalue weighted by Gasteiger charge is 2.54. The van der Waals surface area contributed by atoms with Crippen LogP contribution in [0, 0.1) is 17.6 Å². The van der Waals surface area contributed by atoms with Crippen molar-refractivity contribution in [3.05, 3.63) is 28.8 Å². The van der Waals surface area contributed by atoms with Gasteiger partial charge in [-0.3, -0.25) is 19.3 Å². The second-order valence-electron chi connectivity index (χ2n) is 9.35. The smallest absolute Gasteiger partial charge is 0.303 e. The summed E-state index contributed by atoms with van der Waals surface area (Å²) in [5.74, 6) is -3.25. The zero-order valence-corrected chi connectivity index (χ0v) is 17.4. The molecule has 1 aromatic carbocycles. The van der Waals surface area contributed by atoms with Crippen LogP contribution in [0.2, 0.25) is 0 Å². The summed E-state index contributed by atoms with van der Waals surface area (Å²) < 4.78 is 30.5. The van der Waals surface area contributed by atoms with Crippen LogP contribution < -0.4 is 4.90 Å². The monoisotopic (exact) mass is 420 g/mol. The van der Waals surface area contributed by atoms with Crippen molar-refractivity contribution in [1.82, 2.24) is 4.90 Å². The summed E-state index contributed by atoms with van der Waals surface area (Å²) in [5.41, 5.74) is -1.03. The maximum absolute atomic E-state index is 15.3. The van der Waals surface area contributed by atoms with Gasteiger partial charge in [0.2, 0.25) is 11.8 Å². The first-order valence-corrected chi connectivity index (χ1v) is 10.4. The molecule has 2 amide bonds. The first-order valence-electron chi connectivity index (χ1n) is 10.4. The number of anilines is 1. The van der Waals surface area contributed by atoms with E-state index in [2.05, 4.69) is 0 Å². The van der Waals surface area contributed by atoms with Gasteiger partial charge in [0.1, 0.15) is 17.7 Å². The van der Waals surface area contributed by atoms with Crippen LogP contribution >= 0.6 is 0 Å². The van der Waals surface area contributed by atoms with Crippen molar-refractivity contribution in [3.63, 3.8) is 0 Å². The van der Waals surface area contributed by atoms with E-state index >= 15 is 8.78 Å². The molecule has 2 fully saturated rings. The van der Waals surface area contributed by atoms with Crippen molar-refractivity contribution >= 4 is 23.5 Å². The normalized spacial score (nSPS) is 23.8. The highest BCUT2D eigenvalue weighted by Crippen LogP contribution is 2.51. The lowest BCUT2D eigenvalue weighted by molar-refractivity contribution is -0.139. The van der Waals surface area contributed by atoms with E-state index in [-0.39, 0.29) is 42.0 Å². The summed E-state index contributed by atoms with van der Waals surface area (Å²) in [6, 6.07) is 0.273. The van der Waals surface area contributed by atoms with Gasteiger partial charge in [-0.05, 0) is 56.6 Å². The number of likely N-dealkylation sites (tertiary alicyclic amines) is 1. The molecule has 0 radical (unpaired) electrons. The molecule has 0 aromatic heterocycles. The van der Waals surface area contributed by atoms with Crippen LogP contribution in [0.4, 0.5) is 14.5 Å². The first-order chi connectivity index (χ1) is 14.0. The lowest BCUT2D eigenvalue weighted by Crippen LogP contribution is -2.47. The van der Waals surface area contributed by atoms with Crippen molar-refractivity contribution < 1.29 is 28.3 Å². The van der Waals surface area contributed by atoms with Gasteiger partial charge in [0.05, 0.1) is 11.1 Å². The largest absolute Gasteiger partial charge is 0.481 e. The van der Waals surface area contributed by atoms with Gasteiger partial charge in [-0.2, -0.15) is 0 Å². The van der Waals surface area contributed by atoms with E-state index in [0.717, 1.165) is 17.7 Å². The van der Waals surface area contributed by atoms with E-state index in [4.69, 9.17) is 5.11 Å². The van der Waals surface area contributed by atoms with Gasteiger partial charge in [-0.15, -0.1) is 0 Å². The Labute approximate surface area is 173 Å². The number of carbonyl (C=O) groups is 3. The van der Waals surface area contributed by atoms with Crippen LogP contribution in [0.3, 0.4) is 0 Å². The predicted molar refractivity (Wildman–Crippen MR) is 105 cm³/mol. The van der Waals surface area contributed by atoms with E-state index < -0.39 is 35.0 Å². The van der Waals surface area contributed by atoms with Crippen molar-refractivity contribution in [1.29, 1.82) is 0 Å². The zero-order valence-electron chi connectivity index (χ0n) is 17.4. The highest BCUT2D eigenvalue weighted by molar-refractivity contribution is 6.12. The number of amides is 2. The summed E-state index contributed by atoms with van der Waals surface area (Å²) >= 11 is 0. The molecule has 8 heteroatoms. The fourth-order valence-electron chi connectivity index (χ4n) is 4.82. The Morgan fingerprint density at radius 2 is 1.93 bits per heavy atom. The molecule has 2 atom stereocenters. The Hall–Kier alpha value is -2.51. The van der Waals surface area contributed by atoms with E-state index in [1.165, 1.54) is 11.0 Å². The van der Waals surface area contributed by atoms with Gasteiger partial charge in [0, 0.05) is 25.1 Å². The number of carbonyl (C=O) groups excluding carboxylic acids is 2. The molecule has 1 saturated heterocycles. The molecule has 1 saturated carbocycles. The molecule has 2 aliphatic heterocycles. The minimum absolute atomic E-state index is 0.0101. The third-order valence-electron chi connectivity index (χ3n) is 6.49. The Balaban J connectivity index is 1.67. The number of halogens is 2. The Morgan fingerprint density at radius 1 is 1.27 bits per heavy atom. The van der Waals surface area contributed by atoms with E-state index in [9.17, 15) is 14.4 Å². The second kappa shape index (κ2) is 7.03. The summed E-state index contributed by atoms with van der Waals surface area (Å²) in [5, 5.41) is 8.94. The van der Waals surface area contributed by atoms with Crippen LogP contribution in [0.15, 0.2) is 6.07 Å². The van der Waals surface area contributed by atoms with Gasteiger partial charge < -0.3 is 10.0 Å². The average molecular weight is 420 g/mol. The quantitative estimate of drug-likeness (QED) is 0.767. The number of carboxylic acid groups (broad SMARTS) is 1.